The Labute approximate surface area is 396 Å². The van der Waals surface area contributed by atoms with Gasteiger partial charge in [-0.05, 0) is 117 Å². The molecule has 330 valence electrons. The predicted molar refractivity (Wildman–Crippen MR) is 291 cm³/mol. The molecule has 8 aromatic carbocycles. The lowest BCUT2D eigenvalue weighted by atomic mass is 9.92. The van der Waals surface area contributed by atoms with E-state index in [9.17, 15) is 0 Å². The molecule has 8 bridgehead atoms. The van der Waals surface area contributed by atoms with Gasteiger partial charge in [0.2, 0.25) is 0 Å². The van der Waals surface area contributed by atoms with E-state index in [1.807, 2.05) is 0 Å². The highest BCUT2D eigenvalue weighted by Gasteiger charge is 2.29. The second kappa shape index (κ2) is 16.1. The first kappa shape index (κ1) is 40.7. The summed E-state index contributed by atoms with van der Waals surface area (Å²) in [6.07, 6.45) is 7.40. The maximum Gasteiger partial charge on any atom is 0.0769 e. The zero-order valence-electron chi connectivity index (χ0n) is 39.4. The molecule has 0 fully saturated rings. The van der Waals surface area contributed by atoms with Crippen molar-refractivity contribution in [1.82, 2.24) is 19.9 Å². The minimum atomic E-state index is 0.872. The molecule has 68 heavy (non-hydrogen) atoms. The molecule has 0 radical (unpaired) electrons. The van der Waals surface area contributed by atoms with Crippen LogP contribution in [0.3, 0.4) is 0 Å². The maximum atomic E-state index is 6.01. The Hall–Kier alpha value is -7.56. The zero-order valence-corrected chi connectivity index (χ0v) is 39.4. The summed E-state index contributed by atoms with van der Waals surface area (Å²) in [5, 5.41) is 14.8. The van der Waals surface area contributed by atoms with Crippen LogP contribution in [-0.2, 0) is 25.7 Å². The highest BCUT2D eigenvalue weighted by Crippen LogP contribution is 2.49. The smallest absolute Gasteiger partial charge is 0.0769 e. The third-order valence-electron chi connectivity index (χ3n) is 14.9. The summed E-state index contributed by atoms with van der Waals surface area (Å²) in [7, 11) is 0. The molecule has 0 unspecified atom stereocenters. The molecule has 2 aliphatic heterocycles. The van der Waals surface area contributed by atoms with Gasteiger partial charge in [0.15, 0.2) is 0 Å². The first-order valence-electron chi connectivity index (χ1n) is 25.1. The molecule has 0 saturated carbocycles. The Balaban J connectivity index is 1.35. The van der Waals surface area contributed by atoms with E-state index in [1.54, 1.807) is 0 Å². The van der Waals surface area contributed by atoms with Gasteiger partial charge in [0.05, 0.1) is 44.8 Å². The molecule has 4 heteroatoms. The van der Waals surface area contributed by atoms with E-state index in [4.69, 9.17) is 9.97 Å². The first-order chi connectivity index (χ1) is 33.5. The van der Waals surface area contributed by atoms with Crippen LogP contribution in [0.1, 0.15) is 75.6 Å². The summed E-state index contributed by atoms with van der Waals surface area (Å²) in [5.74, 6) is 0. The summed E-state index contributed by atoms with van der Waals surface area (Å²) in [6.45, 7) is 9.24. The minimum Gasteiger partial charge on any atom is -0.354 e. The van der Waals surface area contributed by atoms with Gasteiger partial charge in [-0.3, -0.25) is 0 Å². The molecule has 0 aliphatic carbocycles. The molecular weight excluding hydrogens is 825 g/mol. The summed E-state index contributed by atoms with van der Waals surface area (Å²) in [4.78, 5) is 20.5. The summed E-state index contributed by atoms with van der Waals surface area (Å²) >= 11 is 0. The second-order valence-electron chi connectivity index (χ2n) is 19.3. The maximum absolute atomic E-state index is 6.01. The number of H-pyrrole nitrogens is 2. The van der Waals surface area contributed by atoms with Crippen molar-refractivity contribution >= 4 is 86.7 Å². The molecule has 0 atom stereocenters. The van der Waals surface area contributed by atoms with Gasteiger partial charge in [0.1, 0.15) is 0 Å². The van der Waals surface area contributed by atoms with E-state index in [0.717, 1.165) is 74.1 Å². The molecule has 0 spiro atoms. The van der Waals surface area contributed by atoms with Crippen molar-refractivity contribution in [1.29, 1.82) is 0 Å². The van der Waals surface area contributed by atoms with Crippen LogP contribution in [0.2, 0.25) is 0 Å². The molecule has 2 N–H and O–H groups in total. The topological polar surface area (TPSA) is 57.4 Å². The lowest BCUT2D eigenvalue weighted by Gasteiger charge is -2.09. The summed E-state index contributed by atoms with van der Waals surface area (Å²) < 4.78 is 0. The number of nitrogens with zero attached hydrogens (tertiary/aromatic N) is 2. The van der Waals surface area contributed by atoms with E-state index in [0.29, 0.717) is 0 Å². The number of hydrogen-bond donors (Lipinski definition) is 2. The van der Waals surface area contributed by atoms with Crippen molar-refractivity contribution < 1.29 is 0 Å². The van der Waals surface area contributed by atoms with E-state index in [-0.39, 0.29) is 0 Å². The predicted octanol–water partition coefficient (Wildman–Crippen LogP) is 17.7. The fourth-order valence-electron chi connectivity index (χ4n) is 11.9. The molecule has 0 amide bonds. The van der Waals surface area contributed by atoms with E-state index in [1.165, 1.54) is 131 Å². The van der Waals surface area contributed by atoms with Crippen molar-refractivity contribution in [3.8, 4) is 45.0 Å². The minimum absolute atomic E-state index is 0.872. The van der Waals surface area contributed by atoms with Gasteiger partial charge in [-0.25, -0.2) is 9.97 Å². The molecular formula is C64H54N4. The van der Waals surface area contributed by atoms with Crippen LogP contribution in [0.15, 0.2) is 146 Å². The van der Waals surface area contributed by atoms with Gasteiger partial charge >= 0.3 is 0 Å². The number of aromatic nitrogens is 4. The number of benzene rings is 8. The van der Waals surface area contributed by atoms with E-state index in [2.05, 4.69) is 183 Å². The molecule has 0 saturated heterocycles. The van der Waals surface area contributed by atoms with Gasteiger partial charge < -0.3 is 9.97 Å². The van der Waals surface area contributed by atoms with Gasteiger partial charge in [-0.15, -0.1) is 0 Å². The van der Waals surface area contributed by atoms with Crippen LogP contribution < -0.4 is 0 Å². The van der Waals surface area contributed by atoms with Gasteiger partial charge in [0, 0.05) is 66.1 Å². The van der Waals surface area contributed by atoms with Crippen LogP contribution >= 0.6 is 0 Å². The third-order valence-corrected chi connectivity index (χ3v) is 14.9. The van der Waals surface area contributed by atoms with Crippen molar-refractivity contribution in [3.05, 3.63) is 168 Å². The Morgan fingerprint density at radius 1 is 0.294 bits per heavy atom. The van der Waals surface area contributed by atoms with Crippen molar-refractivity contribution in [3.63, 3.8) is 0 Å². The standard InChI is InChI=1S/C64H54N4/c1-5-17-45-57-49-29-37-21-9-11-23-39(37)31-51(49)59(65-57)46(18-6-2)61-53-33-41-25-13-15-27-43(41)35-55(53)63(67-61)48(20-8-4)64-56-36-44-28-16-14-26-42(44)34-54(56)62(68-64)47(19-7-3)60-52-32-40-24-12-10-22-38(40)30-50(52)58(45)66-60/h9-16,21-36,65,68H,5-8,17-20H2,1-4H3. The van der Waals surface area contributed by atoms with Crippen LogP contribution in [0.4, 0.5) is 0 Å². The molecule has 11 aromatic rings. The molecule has 13 rings (SSSR count). The highest BCUT2D eigenvalue weighted by molar-refractivity contribution is 6.18. The summed E-state index contributed by atoms with van der Waals surface area (Å²) in [6, 6.07) is 54.8. The van der Waals surface area contributed by atoms with Crippen LogP contribution in [-0.4, -0.2) is 19.9 Å². The average molecular weight is 879 g/mol. The number of aromatic amines is 2. The number of rotatable bonds is 8. The number of aryl methyl sites for hydroxylation is 4. The van der Waals surface area contributed by atoms with Gasteiger partial charge in [-0.1, -0.05) is 150 Å². The fraction of sp³-hybridized carbons (Fsp3) is 0.188. The van der Waals surface area contributed by atoms with Crippen molar-refractivity contribution in [2.24, 2.45) is 0 Å². The first-order valence-corrected chi connectivity index (χ1v) is 25.1. The lowest BCUT2D eigenvalue weighted by Crippen LogP contribution is -1.93. The zero-order chi connectivity index (χ0) is 45.6. The lowest BCUT2D eigenvalue weighted by molar-refractivity contribution is 0.916. The van der Waals surface area contributed by atoms with Crippen molar-refractivity contribution in [2.75, 3.05) is 0 Å². The van der Waals surface area contributed by atoms with Gasteiger partial charge in [-0.2, -0.15) is 0 Å². The quantitative estimate of drug-likeness (QED) is 0.160. The molecule has 3 aromatic heterocycles. The summed E-state index contributed by atoms with van der Waals surface area (Å²) in [5.41, 5.74) is 18.9. The largest absolute Gasteiger partial charge is 0.354 e. The molecule has 4 nitrogen and oxygen atoms in total. The molecule has 5 heterocycles. The highest BCUT2D eigenvalue weighted by atomic mass is 14.8. The number of nitrogens with one attached hydrogen (secondary N) is 2. The normalized spacial score (nSPS) is 12.3. The third kappa shape index (κ3) is 6.19. The van der Waals surface area contributed by atoms with Gasteiger partial charge in [0.25, 0.3) is 0 Å². The Bertz CT molecular complexity index is 3570. The van der Waals surface area contributed by atoms with E-state index >= 15 is 0 Å². The van der Waals surface area contributed by atoms with Crippen LogP contribution in [0.25, 0.3) is 132 Å². The SMILES string of the molecule is CCCc1c2nc(c(CCC)c3[nH]c(c(CCC)c4nc(c(CCC)c5[nH]c1c1cc6ccccc6cc51)-c1cc5ccccc5cc1-4)c1cc4ccccc4cc31)-c1cc3ccccc3cc1-2. The number of hydrogen-bond acceptors (Lipinski definition) is 2. The molecule has 2 aliphatic rings. The Morgan fingerprint density at radius 2 is 0.500 bits per heavy atom. The number of fused-ring (bicyclic) bond motifs is 24. The Morgan fingerprint density at radius 3 is 0.706 bits per heavy atom. The average Bonchev–Trinajstić information content (AvgIpc) is 4.13. The van der Waals surface area contributed by atoms with Crippen LogP contribution in [0.5, 0.6) is 0 Å². The Kier molecular flexibility index (Phi) is 9.61. The van der Waals surface area contributed by atoms with Crippen LogP contribution in [0, 0.1) is 0 Å². The second-order valence-corrected chi connectivity index (χ2v) is 19.3. The fourth-order valence-corrected chi connectivity index (χ4v) is 11.9. The van der Waals surface area contributed by atoms with Crippen molar-refractivity contribution in [2.45, 2.75) is 79.1 Å². The monoisotopic (exact) mass is 878 g/mol. The van der Waals surface area contributed by atoms with E-state index < -0.39 is 0 Å².